The molecule has 1 aliphatic carbocycles. The predicted octanol–water partition coefficient (Wildman–Crippen LogP) is 1.05. The fourth-order valence-electron chi connectivity index (χ4n) is 4.29. The topological polar surface area (TPSA) is 95.6 Å². The van der Waals surface area contributed by atoms with E-state index >= 15 is 0 Å². The highest BCUT2D eigenvalue weighted by Gasteiger charge is 2.53. The molecule has 1 aromatic carbocycles. The number of fused-ring (bicyclic) bond motifs is 1. The van der Waals surface area contributed by atoms with Crippen molar-refractivity contribution in [2.75, 3.05) is 19.6 Å². The number of halogens is 1. The van der Waals surface area contributed by atoms with E-state index in [0.717, 1.165) is 5.56 Å². The number of aromatic nitrogens is 2. The van der Waals surface area contributed by atoms with E-state index in [9.17, 15) is 18.8 Å². The molecule has 3 heterocycles. The van der Waals surface area contributed by atoms with Crippen LogP contribution in [0.1, 0.15) is 27.9 Å². The molecule has 1 N–H and O–H groups in total. The molecule has 0 radical (unpaired) electrons. The van der Waals surface area contributed by atoms with Crippen LogP contribution in [-0.4, -0.2) is 63.2 Å². The molecule has 2 aliphatic heterocycles. The number of amides is 2. The van der Waals surface area contributed by atoms with Crippen LogP contribution in [0.3, 0.4) is 0 Å². The number of aryl methyl sites for hydroxylation is 1. The summed E-state index contributed by atoms with van der Waals surface area (Å²) in [7, 11) is 0. The van der Waals surface area contributed by atoms with E-state index in [0.29, 0.717) is 17.9 Å². The number of para-hydroxylation sites is 1. The van der Waals surface area contributed by atoms with Gasteiger partial charge in [-0.25, -0.2) is 9.49 Å². The molecule has 9 heteroatoms. The number of aromatic amines is 1. The van der Waals surface area contributed by atoms with Crippen LogP contribution in [0.15, 0.2) is 35.3 Å². The summed E-state index contributed by atoms with van der Waals surface area (Å²) in [5, 5.41) is 5.99. The number of ether oxygens (including phenoxy) is 1. The highest BCUT2D eigenvalue weighted by Crippen LogP contribution is 2.40. The Hall–Kier alpha value is -3.23. The first kappa shape index (κ1) is 18.8. The summed E-state index contributed by atoms with van der Waals surface area (Å²) in [4.78, 5) is 40.9. The maximum absolute atomic E-state index is 13.5. The molecule has 3 aliphatic rings. The molecule has 1 spiro atoms. The average Bonchev–Trinajstić information content (AvgIpc) is 3.44. The standard InChI is InChI=1S/C21H21FN4O4/c1-12-7-23-24-18(27)17(12)20(29)26-10-21(11-26)9-25(19(28)14-6-15(14)22)8-13-4-2-3-5-16(13)30-21/h2-5,7,14-15H,6,8-11H2,1H3,(H,24,27)/t14-,15+/m0/s1. The van der Waals surface area contributed by atoms with E-state index in [1.807, 2.05) is 24.3 Å². The van der Waals surface area contributed by atoms with E-state index in [1.165, 1.54) is 11.1 Å². The van der Waals surface area contributed by atoms with Crippen molar-refractivity contribution in [2.24, 2.45) is 5.92 Å². The van der Waals surface area contributed by atoms with Gasteiger partial charge in [-0.3, -0.25) is 14.4 Å². The number of alkyl halides is 1. The third-order valence-electron chi connectivity index (χ3n) is 5.99. The van der Waals surface area contributed by atoms with Crippen LogP contribution in [0.5, 0.6) is 5.75 Å². The van der Waals surface area contributed by atoms with Crippen LogP contribution in [0.25, 0.3) is 0 Å². The van der Waals surface area contributed by atoms with Crippen molar-refractivity contribution in [1.82, 2.24) is 20.0 Å². The largest absolute Gasteiger partial charge is 0.481 e. The van der Waals surface area contributed by atoms with Crippen LogP contribution in [0, 0.1) is 12.8 Å². The zero-order chi connectivity index (χ0) is 21.0. The molecule has 1 saturated carbocycles. The summed E-state index contributed by atoms with van der Waals surface area (Å²) in [6.07, 6.45) is 0.625. The number of nitrogens with one attached hydrogen (secondary N) is 1. The molecule has 0 bridgehead atoms. The highest BCUT2D eigenvalue weighted by molar-refractivity contribution is 5.96. The fourth-order valence-corrected chi connectivity index (χ4v) is 4.29. The predicted molar refractivity (Wildman–Crippen MR) is 104 cm³/mol. The molecule has 2 aromatic rings. The van der Waals surface area contributed by atoms with Crippen LogP contribution < -0.4 is 10.3 Å². The lowest BCUT2D eigenvalue weighted by molar-refractivity contribution is -0.139. The quantitative estimate of drug-likeness (QED) is 0.796. The van der Waals surface area contributed by atoms with E-state index < -0.39 is 29.2 Å². The second kappa shape index (κ2) is 6.65. The van der Waals surface area contributed by atoms with Crippen molar-refractivity contribution < 1.29 is 18.7 Å². The van der Waals surface area contributed by atoms with Crippen molar-refractivity contribution in [2.45, 2.75) is 31.7 Å². The maximum atomic E-state index is 13.5. The van der Waals surface area contributed by atoms with E-state index in [2.05, 4.69) is 10.2 Å². The summed E-state index contributed by atoms with van der Waals surface area (Å²) >= 11 is 0. The van der Waals surface area contributed by atoms with E-state index in [4.69, 9.17) is 4.74 Å². The first-order chi connectivity index (χ1) is 14.4. The van der Waals surface area contributed by atoms with Gasteiger partial charge in [-0.05, 0) is 25.0 Å². The van der Waals surface area contributed by atoms with Gasteiger partial charge in [0.25, 0.3) is 11.5 Å². The lowest BCUT2D eigenvalue weighted by Gasteiger charge is -2.50. The second-order valence-corrected chi connectivity index (χ2v) is 8.36. The minimum absolute atomic E-state index is 0.0556. The first-order valence-electron chi connectivity index (χ1n) is 9.90. The minimum atomic E-state index is -1.08. The molecule has 2 amide bonds. The van der Waals surface area contributed by atoms with Crippen LogP contribution in [0.4, 0.5) is 4.39 Å². The molecule has 5 rings (SSSR count). The number of rotatable bonds is 2. The number of hydrogen-bond donors (Lipinski definition) is 1. The molecule has 156 valence electrons. The number of nitrogens with zero attached hydrogens (tertiary/aromatic N) is 3. The molecule has 1 saturated heterocycles. The molecular formula is C21H21FN4O4. The normalized spacial score (nSPS) is 23.8. The Morgan fingerprint density at radius 2 is 1.93 bits per heavy atom. The van der Waals surface area contributed by atoms with Gasteiger partial charge < -0.3 is 14.5 Å². The number of likely N-dealkylation sites (tertiary alicyclic amines) is 1. The van der Waals surface area contributed by atoms with Gasteiger partial charge in [0, 0.05) is 12.1 Å². The fraction of sp³-hybridized carbons (Fsp3) is 0.429. The van der Waals surface area contributed by atoms with Crippen LogP contribution in [-0.2, 0) is 11.3 Å². The summed E-state index contributed by atoms with van der Waals surface area (Å²) in [5.74, 6) is -0.534. The van der Waals surface area contributed by atoms with Crippen LogP contribution in [0.2, 0.25) is 0 Å². The molecule has 1 aromatic heterocycles. The van der Waals surface area contributed by atoms with E-state index in [-0.39, 0.29) is 37.5 Å². The number of H-pyrrole nitrogens is 1. The Balaban J connectivity index is 1.40. The Bertz CT molecular complexity index is 1090. The zero-order valence-corrected chi connectivity index (χ0v) is 16.4. The Morgan fingerprint density at radius 3 is 2.63 bits per heavy atom. The van der Waals surface area contributed by atoms with Crippen LogP contribution >= 0.6 is 0 Å². The molecule has 2 fully saturated rings. The van der Waals surface area contributed by atoms with Gasteiger partial charge in [0.2, 0.25) is 5.91 Å². The van der Waals surface area contributed by atoms with Gasteiger partial charge >= 0.3 is 0 Å². The highest BCUT2D eigenvalue weighted by atomic mass is 19.1. The van der Waals surface area contributed by atoms with Crippen molar-refractivity contribution in [1.29, 1.82) is 0 Å². The molecule has 0 unspecified atom stereocenters. The van der Waals surface area contributed by atoms with Gasteiger partial charge in [0.05, 0.1) is 31.7 Å². The smallest absolute Gasteiger partial charge is 0.277 e. The average molecular weight is 412 g/mol. The number of carbonyl (C=O) groups excluding carboxylic acids is 2. The van der Waals surface area contributed by atoms with E-state index in [1.54, 1.807) is 11.8 Å². The molecule has 2 atom stereocenters. The summed E-state index contributed by atoms with van der Waals surface area (Å²) < 4.78 is 19.8. The maximum Gasteiger partial charge on any atom is 0.277 e. The lowest BCUT2D eigenvalue weighted by atomic mass is 9.91. The van der Waals surface area contributed by atoms with Gasteiger partial charge in [-0.1, -0.05) is 18.2 Å². The van der Waals surface area contributed by atoms with Gasteiger partial charge in [-0.2, -0.15) is 5.10 Å². The van der Waals surface area contributed by atoms with Gasteiger partial charge in [0.1, 0.15) is 17.5 Å². The Morgan fingerprint density at radius 1 is 1.23 bits per heavy atom. The first-order valence-corrected chi connectivity index (χ1v) is 9.90. The zero-order valence-electron chi connectivity index (χ0n) is 16.4. The summed E-state index contributed by atoms with van der Waals surface area (Å²) in [5.41, 5.74) is 0.0840. The summed E-state index contributed by atoms with van der Waals surface area (Å²) in [6, 6.07) is 7.44. The number of carbonyl (C=O) groups is 2. The van der Waals surface area contributed by atoms with Crippen molar-refractivity contribution in [3.8, 4) is 5.75 Å². The Labute approximate surface area is 171 Å². The number of benzene rings is 1. The second-order valence-electron chi connectivity index (χ2n) is 8.36. The number of hydrogen-bond acceptors (Lipinski definition) is 5. The molecule has 8 nitrogen and oxygen atoms in total. The minimum Gasteiger partial charge on any atom is -0.481 e. The van der Waals surface area contributed by atoms with Crippen molar-refractivity contribution >= 4 is 11.8 Å². The Kier molecular flexibility index (Phi) is 4.16. The third kappa shape index (κ3) is 3.05. The van der Waals surface area contributed by atoms with Gasteiger partial charge in [-0.15, -0.1) is 0 Å². The van der Waals surface area contributed by atoms with Crippen molar-refractivity contribution in [3.05, 3.63) is 57.5 Å². The molecular weight excluding hydrogens is 391 g/mol. The molecule has 30 heavy (non-hydrogen) atoms. The SMILES string of the molecule is Cc1cn[nH]c(=O)c1C(=O)N1CC2(C1)CN(C(=O)[C@H]1C[C@H]1F)Cc1ccccc1O2. The monoisotopic (exact) mass is 412 g/mol. The summed E-state index contributed by atoms with van der Waals surface area (Å²) in [6.45, 7) is 2.73. The van der Waals surface area contributed by atoms with Crippen molar-refractivity contribution in [3.63, 3.8) is 0 Å². The third-order valence-corrected chi connectivity index (χ3v) is 5.99. The lowest BCUT2D eigenvalue weighted by Crippen LogP contribution is -2.70. The van der Waals surface area contributed by atoms with Gasteiger partial charge in [0.15, 0.2) is 5.60 Å².